The highest BCUT2D eigenvalue weighted by Gasteiger charge is 2.37. The van der Waals surface area contributed by atoms with E-state index in [9.17, 15) is 18.0 Å². The van der Waals surface area contributed by atoms with E-state index in [4.69, 9.17) is 0 Å². The Balaban J connectivity index is 2.15. The minimum absolute atomic E-state index is 0.280. The van der Waals surface area contributed by atoms with Gasteiger partial charge in [0.2, 0.25) is 0 Å². The number of Topliss-reactive ketones (excluding diaryl/α,β-unsaturated/α-hetero) is 1. The van der Waals surface area contributed by atoms with Crippen LogP contribution in [0.1, 0.15) is 55.5 Å². The third kappa shape index (κ3) is 3.63. The highest BCUT2D eigenvalue weighted by molar-refractivity contribution is 5.99. The molecule has 1 aliphatic rings. The van der Waals surface area contributed by atoms with Crippen LogP contribution in [0.5, 0.6) is 0 Å². The fourth-order valence-electron chi connectivity index (χ4n) is 3.11. The van der Waals surface area contributed by atoms with Crippen molar-refractivity contribution < 1.29 is 18.0 Å². The Morgan fingerprint density at radius 1 is 1.24 bits per heavy atom. The van der Waals surface area contributed by atoms with Gasteiger partial charge in [-0.2, -0.15) is 13.2 Å². The number of carbonyl (C=O) groups is 1. The van der Waals surface area contributed by atoms with Gasteiger partial charge in [0.05, 0.1) is 5.56 Å². The molecular formula is C16H20F3NO. The molecule has 0 radical (unpaired) electrons. The summed E-state index contributed by atoms with van der Waals surface area (Å²) in [5, 5.41) is 0. The summed E-state index contributed by atoms with van der Waals surface area (Å²) >= 11 is 0. The monoisotopic (exact) mass is 299 g/mol. The molecule has 1 aromatic rings. The summed E-state index contributed by atoms with van der Waals surface area (Å²) < 4.78 is 38.9. The van der Waals surface area contributed by atoms with Gasteiger partial charge >= 0.3 is 6.18 Å². The Morgan fingerprint density at radius 3 is 2.38 bits per heavy atom. The van der Waals surface area contributed by atoms with E-state index in [1.165, 1.54) is 0 Å². The molecule has 0 N–H and O–H groups in total. The molecule has 1 heterocycles. The standard InChI is InChI=1S/C16H20F3NO/c1-10(2)11-3-5-12(6-4-11)15(21)13-9-20-8-7-14(13)16(17,18)19/h7-12H,3-6H2,1-2H3. The predicted molar refractivity (Wildman–Crippen MR) is 73.9 cm³/mol. The maximum atomic E-state index is 13.0. The number of hydrogen-bond acceptors (Lipinski definition) is 2. The highest BCUT2D eigenvalue weighted by Crippen LogP contribution is 2.37. The third-order valence-corrected chi connectivity index (χ3v) is 4.48. The van der Waals surface area contributed by atoms with Crippen molar-refractivity contribution >= 4 is 5.78 Å². The second kappa shape index (κ2) is 6.16. The summed E-state index contributed by atoms with van der Waals surface area (Å²) in [6, 6.07) is 0.882. The fraction of sp³-hybridized carbons (Fsp3) is 0.625. The zero-order valence-corrected chi connectivity index (χ0v) is 12.3. The zero-order chi connectivity index (χ0) is 15.6. The van der Waals surface area contributed by atoms with Crippen molar-refractivity contribution in [2.75, 3.05) is 0 Å². The largest absolute Gasteiger partial charge is 0.417 e. The van der Waals surface area contributed by atoms with Crippen LogP contribution in [0.25, 0.3) is 0 Å². The molecule has 1 aliphatic carbocycles. The lowest BCUT2D eigenvalue weighted by Gasteiger charge is -2.30. The van der Waals surface area contributed by atoms with E-state index in [1.807, 2.05) is 0 Å². The lowest BCUT2D eigenvalue weighted by molar-refractivity contribution is -0.138. The lowest BCUT2D eigenvalue weighted by atomic mass is 9.74. The van der Waals surface area contributed by atoms with Gasteiger partial charge in [-0.15, -0.1) is 0 Å². The molecule has 1 fully saturated rings. The molecule has 1 saturated carbocycles. The van der Waals surface area contributed by atoms with Gasteiger partial charge in [-0.1, -0.05) is 13.8 Å². The van der Waals surface area contributed by atoms with E-state index in [1.54, 1.807) is 0 Å². The zero-order valence-electron chi connectivity index (χ0n) is 12.3. The predicted octanol–water partition coefficient (Wildman–Crippen LogP) is 4.75. The van der Waals surface area contributed by atoms with Gasteiger partial charge in [0.25, 0.3) is 0 Å². The van der Waals surface area contributed by atoms with Gasteiger partial charge in [-0.25, -0.2) is 0 Å². The quantitative estimate of drug-likeness (QED) is 0.754. The van der Waals surface area contributed by atoms with E-state index >= 15 is 0 Å². The summed E-state index contributed by atoms with van der Waals surface area (Å²) in [5.41, 5.74) is -1.15. The average Bonchev–Trinajstić information content (AvgIpc) is 2.45. The van der Waals surface area contributed by atoms with Gasteiger partial charge in [-0.3, -0.25) is 9.78 Å². The number of pyridine rings is 1. The smallest absolute Gasteiger partial charge is 0.294 e. The average molecular weight is 299 g/mol. The van der Waals surface area contributed by atoms with Crippen LogP contribution < -0.4 is 0 Å². The van der Waals surface area contributed by atoms with Crippen LogP contribution in [-0.4, -0.2) is 10.8 Å². The Morgan fingerprint density at radius 2 is 1.86 bits per heavy atom. The lowest BCUT2D eigenvalue weighted by Crippen LogP contribution is -2.26. The van der Waals surface area contributed by atoms with Gasteiger partial charge in [0.15, 0.2) is 5.78 Å². The van der Waals surface area contributed by atoms with E-state index in [2.05, 4.69) is 18.8 Å². The molecule has 0 bridgehead atoms. The second-order valence-corrected chi connectivity index (χ2v) is 6.14. The minimum Gasteiger partial charge on any atom is -0.294 e. The summed E-state index contributed by atoms with van der Waals surface area (Å²) in [6.07, 6.45) is 0.797. The van der Waals surface area contributed by atoms with Gasteiger partial charge < -0.3 is 0 Å². The highest BCUT2D eigenvalue weighted by atomic mass is 19.4. The molecule has 1 aromatic heterocycles. The fourth-order valence-corrected chi connectivity index (χ4v) is 3.11. The molecule has 0 unspecified atom stereocenters. The van der Waals surface area contributed by atoms with Crippen molar-refractivity contribution in [2.45, 2.75) is 45.7 Å². The van der Waals surface area contributed by atoms with Crippen molar-refractivity contribution in [3.63, 3.8) is 0 Å². The number of hydrogen-bond donors (Lipinski definition) is 0. The molecule has 116 valence electrons. The molecule has 0 spiro atoms. The first kappa shape index (κ1) is 16.0. The minimum atomic E-state index is -4.51. The molecule has 2 rings (SSSR count). The molecule has 0 atom stereocenters. The third-order valence-electron chi connectivity index (χ3n) is 4.48. The molecule has 21 heavy (non-hydrogen) atoms. The summed E-state index contributed by atoms with van der Waals surface area (Å²) in [5.74, 6) is 0.429. The van der Waals surface area contributed by atoms with Crippen molar-refractivity contribution in [3.05, 3.63) is 29.6 Å². The van der Waals surface area contributed by atoms with Crippen molar-refractivity contribution in [2.24, 2.45) is 17.8 Å². The van der Waals surface area contributed by atoms with E-state index in [0.717, 1.165) is 31.3 Å². The molecule has 0 aliphatic heterocycles. The molecule has 0 amide bonds. The van der Waals surface area contributed by atoms with Crippen LogP contribution in [0.4, 0.5) is 13.2 Å². The van der Waals surface area contributed by atoms with Crippen molar-refractivity contribution in [1.29, 1.82) is 0 Å². The van der Waals surface area contributed by atoms with Gasteiger partial charge in [0.1, 0.15) is 0 Å². The Hall–Kier alpha value is -1.39. The molecular weight excluding hydrogens is 279 g/mol. The van der Waals surface area contributed by atoms with Crippen LogP contribution in [0.3, 0.4) is 0 Å². The number of rotatable bonds is 3. The topological polar surface area (TPSA) is 30.0 Å². The van der Waals surface area contributed by atoms with E-state index in [-0.39, 0.29) is 11.5 Å². The number of alkyl halides is 3. The van der Waals surface area contributed by atoms with Crippen LogP contribution >= 0.6 is 0 Å². The number of halogens is 3. The normalized spacial score (nSPS) is 23.3. The van der Waals surface area contributed by atoms with Crippen molar-refractivity contribution in [3.8, 4) is 0 Å². The van der Waals surface area contributed by atoms with Crippen LogP contribution in [-0.2, 0) is 6.18 Å². The van der Waals surface area contributed by atoms with Crippen LogP contribution in [0.2, 0.25) is 0 Å². The number of ketones is 1. The number of nitrogens with zero attached hydrogens (tertiary/aromatic N) is 1. The Bertz CT molecular complexity index is 502. The summed E-state index contributed by atoms with van der Waals surface area (Å²) in [4.78, 5) is 16.1. The Kier molecular flexibility index (Phi) is 4.69. The first-order valence-corrected chi connectivity index (χ1v) is 7.36. The van der Waals surface area contributed by atoms with Crippen molar-refractivity contribution in [1.82, 2.24) is 4.98 Å². The maximum absolute atomic E-state index is 13.0. The molecule has 2 nitrogen and oxygen atoms in total. The molecule has 0 saturated heterocycles. The van der Waals surface area contributed by atoms with Crippen LogP contribution in [0.15, 0.2) is 18.5 Å². The van der Waals surface area contributed by atoms with E-state index < -0.39 is 17.5 Å². The Labute approximate surface area is 122 Å². The van der Waals surface area contributed by atoms with Gasteiger partial charge in [0, 0.05) is 23.9 Å². The number of carbonyl (C=O) groups excluding carboxylic acids is 1. The van der Waals surface area contributed by atoms with E-state index in [0.29, 0.717) is 24.7 Å². The maximum Gasteiger partial charge on any atom is 0.417 e. The molecule has 5 heteroatoms. The first-order chi connectivity index (χ1) is 9.80. The van der Waals surface area contributed by atoms with Crippen LogP contribution in [0, 0.1) is 17.8 Å². The SMILES string of the molecule is CC(C)C1CCC(C(=O)c2cnccc2C(F)(F)F)CC1. The summed E-state index contributed by atoms with van der Waals surface area (Å²) in [6.45, 7) is 4.30. The number of aromatic nitrogens is 1. The molecule has 0 aromatic carbocycles. The summed E-state index contributed by atoms with van der Waals surface area (Å²) in [7, 11) is 0. The van der Waals surface area contributed by atoms with Gasteiger partial charge in [-0.05, 0) is 43.6 Å². The first-order valence-electron chi connectivity index (χ1n) is 7.36. The second-order valence-electron chi connectivity index (χ2n) is 6.14.